The number of halogens is 1. The van der Waals surface area contributed by atoms with E-state index in [1.165, 1.54) is 0 Å². The highest BCUT2D eigenvalue weighted by Crippen LogP contribution is 2.31. The number of aromatic amines is 1. The summed E-state index contributed by atoms with van der Waals surface area (Å²) in [4.78, 5) is 3.19. The Morgan fingerprint density at radius 1 is 1.41 bits per heavy atom. The normalized spacial score (nSPS) is 11.2. The molecule has 3 N–H and O–H groups in total. The van der Waals surface area contributed by atoms with Crippen LogP contribution in [0.3, 0.4) is 0 Å². The molecule has 0 aliphatic rings. The predicted molar refractivity (Wildman–Crippen MR) is 72.6 cm³/mol. The number of anilines is 1. The largest absolute Gasteiger partial charge is 0.383 e. The molecule has 0 amide bonds. The third kappa shape index (κ3) is 1.54. The Bertz CT molecular complexity index is 696. The maximum atomic E-state index is 5.97. The number of H-pyrrole nitrogens is 1. The number of nitrogens with two attached hydrogens (primary N) is 1. The van der Waals surface area contributed by atoms with Crippen molar-refractivity contribution in [2.75, 3.05) is 5.73 Å². The van der Waals surface area contributed by atoms with Gasteiger partial charge in [0.1, 0.15) is 5.82 Å². The Morgan fingerprint density at radius 2 is 2.24 bits per heavy atom. The summed E-state index contributed by atoms with van der Waals surface area (Å²) < 4.78 is 2.72. The van der Waals surface area contributed by atoms with Crippen LogP contribution in [-0.2, 0) is 7.05 Å². The van der Waals surface area contributed by atoms with Crippen LogP contribution in [0.15, 0.2) is 35.1 Å². The summed E-state index contributed by atoms with van der Waals surface area (Å²) in [5.74, 6) is 0.677. The zero-order valence-corrected chi connectivity index (χ0v) is 10.8. The minimum atomic E-state index is 0.677. The Balaban J connectivity index is 2.24. The zero-order valence-electron chi connectivity index (χ0n) is 9.24. The zero-order chi connectivity index (χ0) is 12.0. The van der Waals surface area contributed by atoms with E-state index >= 15 is 0 Å². The first-order valence-corrected chi connectivity index (χ1v) is 6.00. The molecule has 17 heavy (non-hydrogen) atoms. The minimum Gasteiger partial charge on any atom is -0.383 e. The summed E-state index contributed by atoms with van der Waals surface area (Å²) in [6, 6.07) is 6.18. The van der Waals surface area contributed by atoms with Crippen molar-refractivity contribution in [2.24, 2.45) is 7.05 Å². The molecule has 0 fully saturated rings. The third-order valence-corrected chi connectivity index (χ3v) is 3.58. The van der Waals surface area contributed by atoms with Crippen LogP contribution in [0.25, 0.3) is 22.0 Å². The molecule has 2 aromatic heterocycles. The Labute approximate surface area is 107 Å². The van der Waals surface area contributed by atoms with Crippen molar-refractivity contribution in [3.8, 4) is 11.1 Å². The summed E-state index contributed by atoms with van der Waals surface area (Å²) in [6.07, 6.45) is 3.72. The van der Waals surface area contributed by atoms with Crippen LogP contribution in [0.5, 0.6) is 0 Å². The van der Waals surface area contributed by atoms with Gasteiger partial charge in [-0.1, -0.05) is 6.07 Å². The number of nitrogens with one attached hydrogen (secondary N) is 1. The van der Waals surface area contributed by atoms with E-state index in [1.54, 1.807) is 10.9 Å². The van der Waals surface area contributed by atoms with Gasteiger partial charge in [-0.25, -0.2) is 0 Å². The molecule has 86 valence electrons. The van der Waals surface area contributed by atoms with E-state index in [-0.39, 0.29) is 0 Å². The lowest BCUT2D eigenvalue weighted by Gasteiger charge is -2.01. The first-order valence-electron chi connectivity index (χ1n) is 5.21. The second-order valence-electron chi connectivity index (χ2n) is 3.96. The van der Waals surface area contributed by atoms with Crippen LogP contribution in [0, 0.1) is 0 Å². The highest BCUT2D eigenvalue weighted by Gasteiger charge is 2.09. The van der Waals surface area contributed by atoms with E-state index in [9.17, 15) is 0 Å². The van der Waals surface area contributed by atoms with Gasteiger partial charge in [0.15, 0.2) is 0 Å². The molecule has 2 heterocycles. The number of hydrogen-bond donors (Lipinski definition) is 2. The number of aryl methyl sites for hydroxylation is 1. The molecule has 0 unspecified atom stereocenters. The van der Waals surface area contributed by atoms with Gasteiger partial charge in [-0.3, -0.25) is 4.68 Å². The molecule has 0 aliphatic carbocycles. The second-order valence-corrected chi connectivity index (χ2v) is 4.82. The second kappa shape index (κ2) is 3.63. The molecule has 0 bridgehead atoms. The molecule has 0 saturated heterocycles. The highest BCUT2D eigenvalue weighted by atomic mass is 79.9. The Hall–Kier alpha value is -1.75. The number of aromatic nitrogens is 3. The minimum absolute atomic E-state index is 0.677. The van der Waals surface area contributed by atoms with Gasteiger partial charge in [-0.2, -0.15) is 5.10 Å². The number of fused-ring (bicyclic) bond motifs is 1. The number of nitrogens with zero attached hydrogens (tertiary/aromatic N) is 2. The van der Waals surface area contributed by atoms with E-state index in [2.05, 4.69) is 32.1 Å². The van der Waals surface area contributed by atoms with Crippen LogP contribution < -0.4 is 5.73 Å². The van der Waals surface area contributed by atoms with Crippen LogP contribution in [0.2, 0.25) is 0 Å². The first-order chi connectivity index (χ1) is 8.16. The molecule has 5 heteroatoms. The summed E-state index contributed by atoms with van der Waals surface area (Å²) in [7, 11) is 1.84. The monoisotopic (exact) mass is 290 g/mol. The van der Waals surface area contributed by atoms with Gasteiger partial charge in [0.25, 0.3) is 0 Å². The fourth-order valence-corrected chi connectivity index (χ4v) is 2.37. The maximum Gasteiger partial charge on any atom is 0.129 e. The molecule has 0 aliphatic heterocycles. The number of hydrogen-bond acceptors (Lipinski definition) is 2. The quantitative estimate of drug-likeness (QED) is 0.724. The average Bonchev–Trinajstić information content (AvgIpc) is 2.85. The molecule has 0 atom stereocenters. The summed E-state index contributed by atoms with van der Waals surface area (Å²) in [5.41, 5.74) is 9.11. The van der Waals surface area contributed by atoms with Crippen molar-refractivity contribution in [3.63, 3.8) is 0 Å². The van der Waals surface area contributed by atoms with Crippen molar-refractivity contribution < 1.29 is 0 Å². The SMILES string of the molecule is Cn1ncc(-c2ccc3[nH]cc(Br)c3c2)c1N. The van der Waals surface area contributed by atoms with Crippen molar-refractivity contribution in [2.45, 2.75) is 0 Å². The van der Waals surface area contributed by atoms with Gasteiger partial charge >= 0.3 is 0 Å². The molecular weight excluding hydrogens is 280 g/mol. The van der Waals surface area contributed by atoms with Crippen LogP contribution in [0.1, 0.15) is 0 Å². The van der Waals surface area contributed by atoms with Crippen molar-refractivity contribution in [1.29, 1.82) is 0 Å². The molecule has 0 spiro atoms. The average molecular weight is 291 g/mol. The van der Waals surface area contributed by atoms with Crippen molar-refractivity contribution in [3.05, 3.63) is 35.1 Å². The lowest BCUT2D eigenvalue weighted by molar-refractivity contribution is 0.779. The van der Waals surface area contributed by atoms with Crippen LogP contribution in [0.4, 0.5) is 5.82 Å². The van der Waals surface area contributed by atoms with E-state index in [4.69, 9.17) is 5.73 Å². The van der Waals surface area contributed by atoms with Crippen molar-refractivity contribution >= 4 is 32.7 Å². The van der Waals surface area contributed by atoms with Gasteiger partial charge in [-0.05, 0) is 33.6 Å². The lowest BCUT2D eigenvalue weighted by atomic mass is 10.1. The van der Waals surface area contributed by atoms with E-state index in [1.807, 2.05) is 25.4 Å². The van der Waals surface area contributed by atoms with E-state index < -0.39 is 0 Å². The van der Waals surface area contributed by atoms with Gasteiger partial charge in [-0.15, -0.1) is 0 Å². The third-order valence-electron chi connectivity index (χ3n) is 2.93. The van der Waals surface area contributed by atoms with Crippen molar-refractivity contribution in [1.82, 2.24) is 14.8 Å². The fraction of sp³-hybridized carbons (Fsp3) is 0.0833. The molecule has 3 rings (SSSR count). The molecule has 1 aromatic carbocycles. The molecule has 0 radical (unpaired) electrons. The molecule has 3 aromatic rings. The van der Waals surface area contributed by atoms with Crippen LogP contribution in [-0.4, -0.2) is 14.8 Å². The van der Waals surface area contributed by atoms with Gasteiger partial charge in [0.2, 0.25) is 0 Å². The van der Waals surface area contributed by atoms with Gasteiger partial charge < -0.3 is 10.7 Å². The standard InChI is InChI=1S/C12H11BrN4/c1-17-12(14)9(5-16-17)7-2-3-11-8(4-7)10(13)6-15-11/h2-6,15H,14H2,1H3. The maximum absolute atomic E-state index is 5.97. The topological polar surface area (TPSA) is 59.6 Å². The number of benzene rings is 1. The predicted octanol–water partition coefficient (Wildman–Crippen LogP) is 2.91. The first kappa shape index (κ1) is 10.4. The Morgan fingerprint density at radius 3 is 2.94 bits per heavy atom. The lowest BCUT2D eigenvalue weighted by Crippen LogP contribution is -1.97. The Kier molecular flexibility index (Phi) is 2.22. The van der Waals surface area contributed by atoms with Gasteiger partial charge in [0, 0.05) is 34.2 Å². The summed E-state index contributed by atoms with van der Waals surface area (Å²) in [6.45, 7) is 0. The highest BCUT2D eigenvalue weighted by molar-refractivity contribution is 9.10. The number of nitrogen functional groups attached to an aromatic ring is 1. The molecule has 0 saturated carbocycles. The molecular formula is C12H11BrN4. The van der Waals surface area contributed by atoms with E-state index in [0.29, 0.717) is 5.82 Å². The molecule has 4 nitrogen and oxygen atoms in total. The van der Waals surface area contributed by atoms with Crippen LogP contribution >= 0.6 is 15.9 Å². The number of rotatable bonds is 1. The smallest absolute Gasteiger partial charge is 0.129 e. The summed E-state index contributed by atoms with van der Waals surface area (Å²) in [5, 5.41) is 5.30. The fourth-order valence-electron chi connectivity index (χ4n) is 1.92. The van der Waals surface area contributed by atoms with Gasteiger partial charge in [0.05, 0.1) is 6.20 Å². The summed E-state index contributed by atoms with van der Waals surface area (Å²) >= 11 is 3.51. The van der Waals surface area contributed by atoms with E-state index in [0.717, 1.165) is 26.5 Å².